The van der Waals surface area contributed by atoms with Crippen LogP contribution in [0.15, 0.2) is 42.5 Å². The number of carbonyl (C=O) groups is 1. The number of hydrogen-bond acceptors (Lipinski definition) is 1. The molecule has 86 valence electrons. The van der Waals surface area contributed by atoms with E-state index in [0.29, 0.717) is 5.56 Å². The van der Waals surface area contributed by atoms with Gasteiger partial charge in [0.15, 0.2) is 5.78 Å². The maximum absolute atomic E-state index is 13.2. The van der Waals surface area contributed by atoms with Crippen molar-refractivity contribution in [2.45, 2.75) is 0 Å². The summed E-state index contributed by atoms with van der Waals surface area (Å²) in [6.07, 6.45) is 0. The number of benzene rings is 2. The van der Waals surface area contributed by atoms with E-state index in [1.54, 1.807) is 30.3 Å². The van der Waals surface area contributed by atoms with Gasteiger partial charge in [-0.3, -0.25) is 4.79 Å². The first-order valence-corrected chi connectivity index (χ1v) is 5.59. The summed E-state index contributed by atoms with van der Waals surface area (Å²) in [6.45, 7) is 0. The van der Waals surface area contributed by atoms with Crippen LogP contribution in [0.2, 0.25) is 10.0 Å². The van der Waals surface area contributed by atoms with Crippen LogP contribution in [0.3, 0.4) is 0 Å². The lowest BCUT2D eigenvalue weighted by Crippen LogP contribution is -2.03. The van der Waals surface area contributed by atoms with Crippen LogP contribution in [-0.2, 0) is 0 Å². The van der Waals surface area contributed by atoms with Gasteiger partial charge in [0, 0.05) is 11.1 Å². The van der Waals surface area contributed by atoms with Gasteiger partial charge in [-0.1, -0.05) is 53.5 Å². The molecule has 0 saturated carbocycles. The van der Waals surface area contributed by atoms with Gasteiger partial charge in [0.1, 0.15) is 5.82 Å². The Morgan fingerprint density at radius 2 is 1.71 bits per heavy atom. The SMILES string of the molecule is O=C(c1ccccc1)c1cc(F)cc(Cl)c1Cl. The van der Waals surface area contributed by atoms with Crippen molar-refractivity contribution in [1.82, 2.24) is 0 Å². The molecule has 0 heterocycles. The van der Waals surface area contributed by atoms with Gasteiger partial charge >= 0.3 is 0 Å². The fourth-order valence-corrected chi connectivity index (χ4v) is 1.87. The molecule has 0 N–H and O–H groups in total. The Morgan fingerprint density at radius 3 is 2.35 bits per heavy atom. The van der Waals surface area contributed by atoms with Gasteiger partial charge in [0.05, 0.1) is 10.0 Å². The Labute approximate surface area is 108 Å². The number of carbonyl (C=O) groups excluding carboxylic acids is 1. The molecule has 0 fully saturated rings. The molecule has 17 heavy (non-hydrogen) atoms. The Kier molecular flexibility index (Phi) is 3.46. The fourth-order valence-electron chi connectivity index (χ4n) is 1.47. The van der Waals surface area contributed by atoms with Crippen LogP contribution in [0.5, 0.6) is 0 Å². The van der Waals surface area contributed by atoms with E-state index in [2.05, 4.69) is 0 Å². The molecule has 1 nitrogen and oxygen atoms in total. The molecule has 0 aliphatic rings. The van der Waals surface area contributed by atoms with E-state index in [1.165, 1.54) is 0 Å². The highest BCUT2D eigenvalue weighted by Gasteiger charge is 2.16. The molecule has 0 atom stereocenters. The molecule has 0 saturated heterocycles. The minimum Gasteiger partial charge on any atom is -0.289 e. The molecule has 0 aliphatic carbocycles. The molecule has 2 rings (SSSR count). The summed E-state index contributed by atoms with van der Waals surface area (Å²) in [4.78, 5) is 12.1. The molecule has 0 radical (unpaired) electrons. The van der Waals surface area contributed by atoms with Gasteiger partial charge in [-0.15, -0.1) is 0 Å². The van der Waals surface area contributed by atoms with Gasteiger partial charge in [-0.25, -0.2) is 4.39 Å². The molecule has 4 heteroatoms. The summed E-state index contributed by atoms with van der Waals surface area (Å²) in [5.74, 6) is -0.935. The summed E-state index contributed by atoms with van der Waals surface area (Å²) in [6, 6.07) is 10.7. The van der Waals surface area contributed by atoms with E-state index in [4.69, 9.17) is 23.2 Å². The zero-order valence-corrected chi connectivity index (χ0v) is 10.1. The van der Waals surface area contributed by atoms with E-state index in [1.807, 2.05) is 0 Å². The fraction of sp³-hybridized carbons (Fsp3) is 0. The second kappa shape index (κ2) is 4.86. The molecule has 2 aromatic rings. The van der Waals surface area contributed by atoms with Gasteiger partial charge in [0.2, 0.25) is 0 Å². The smallest absolute Gasteiger partial charge is 0.194 e. The van der Waals surface area contributed by atoms with Gasteiger partial charge < -0.3 is 0 Å². The van der Waals surface area contributed by atoms with E-state index in [0.717, 1.165) is 12.1 Å². The van der Waals surface area contributed by atoms with E-state index in [9.17, 15) is 9.18 Å². The molecule has 0 amide bonds. The van der Waals surface area contributed by atoms with Crippen LogP contribution in [0.4, 0.5) is 4.39 Å². The molecular weight excluding hydrogens is 262 g/mol. The number of hydrogen-bond donors (Lipinski definition) is 0. The lowest BCUT2D eigenvalue weighted by atomic mass is 10.0. The average molecular weight is 269 g/mol. The topological polar surface area (TPSA) is 17.1 Å². The van der Waals surface area contributed by atoms with Crippen molar-refractivity contribution >= 4 is 29.0 Å². The molecule has 0 aliphatic heterocycles. The Bertz CT molecular complexity index is 567. The summed E-state index contributed by atoms with van der Waals surface area (Å²) < 4.78 is 13.2. The predicted octanol–water partition coefficient (Wildman–Crippen LogP) is 4.36. The molecule has 2 aromatic carbocycles. The van der Waals surface area contributed by atoms with Crippen molar-refractivity contribution in [3.05, 3.63) is 69.5 Å². The lowest BCUT2D eigenvalue weighted by Gasteiger charge is -2.05. The minimum atomic E-state index is -0.585. The van der Waals surface area contributed by atoms with Crippen LogP contribution in [0.25, 0.3) is 0 Å². The van der Waals surface area contributed by atoms with Crippen molar-refractivity contribution in [2.75, 3.05) is 0 Å². The lowest BCUT2D eigenvalue weighted by molar-refractivity contribution is 0.103. The van der Waals surface area contributed by atoms with Crippen molar-refractivity contribution in [3.8, 4) is 0 Å². The van der Waals surface area contributed by atoms with Crippen molar-refractivity contribution < 1.29 is 9.18 Å². The third-order valence-electron chi connectivity index (χ3n) is 2.27. The second-order valence-corrected chi connectivity index (χ2v) is 4.23. The van der Waals surface area contributed by atoms with E-state index >= 15 is 0 Å². The molecule has 0 unspecified atom stereocenters. The van der Waals surface area contributed by atoms with Gasteiger partial charge in [0.25, 0.3) is 0 Å². The second-order valence-electron chi connectivity index (χ2n) is 3.44. The van der Waals surface area contributed by atoms with E-state index in [-0.39, 0.29) is 21.4 Å². The first-order chi connectivity index (χ1) is 8.09. The third kappa shape index (κ3) is 2.48. The standard InChI is InChI=1S/C13H7Cl2FO/c14-11-7-9(16)6-10(12(11)15)13(17)8-4-2-1-3-5-8/h1-7H. The quantitative estimate of drug-likeness (QED) is 0.584. The minimum absolute atomic E-state index is 0.0333. The predicted molar refractivity (Wildman–Crippen MR) is 66.3 cm³/mol. The van der Waals surface area contributed by atoms with Gasteiger partial charge in [-0.05, 0) is 12.1 Å². The molecule has 0 spiro atoms. The number of rotatable bonds is 2. The zero-order valence-electron chi connectivity index (χ0n) is 8.58. The maximum Gasteiger partial charge on any atom is 0.194 e. The van der Waals surface area contributed by atoms with Crippen LogP contribution in [-0.4, -0.2) is 5.78 Å². The van der Waals surface area contributed by atoms with E-state index < -0.39 is 5.82 Å². The number of ketones is 1. The highest BCUT2D eigenvalue weighted by Crippen LogP contribution is 2.28. The van der Waals surface area contributed by atoms with Crippen LogP contribution in [0.1, 0.15) is 15.9 Å². The first kappa shape index (κ1) is 12.1. The Balaban J connectivity index is 2.52. The normalized spacial score (nSPS) is 10.3. The van der Waals surface area contributed by atoms with Crippen LogP contribution < -0.4 is 0 Å². The monoisotopic (exact) mass is 268 g/mol. The summed E-state index contributed by atoms with van der Waals surface area (Å²) >= 11 is 11.6. The Hall–Kier alpha value is -1.38. The van der Waals surface area contributed by atoms with Crippen molar-refractivity contribution in [1.29, 1.82) is 0 Å². The summed E-state index contributed by atoms with van der Waals surface area (Å²) in [5.41, 5.74) is 0.513. The Morgan fingerprint density at radius 1 is 1.06 bits per heavy atom. The molecular formula is C13H7Cl2FO. The zero-order chi connectivity index (χ0) is 12.4. The number of halogens is 3. The largest absolute Gasteiger partial charge is 0.289 e. The van der Waals surface area contributed by atoms with Crippen molar-refractivity contribution in [3.63, 3.8) is 0 Å². The highest BCUT2D eigenvalue weighted by atomic mass is 35.5. The van der Waals surface area contributed by atoms with Crippen molar-refractivity contribution in [2.24, 2.45) is 0 Å². The summed E-state index contributed by atoms with van der Waals surface area (Å²) in [7, 11) is 0. The molecule has 0 aromatic heterocycles. The van der Waals surface area contributed by atoms with Crippen LogP contribution in [0, 0.1) is 5.82 Å². The first-order valence-electron chi connectivity index (χ1n) is 4.84. The average Bonchev–Trinajstić information content (AvgIpc) is 2.34. The summed E-state index contributed by atoms with van der Waals surface area (Å²) in [5, 5.41) is 0.105. The third-order valence-corrected chi connectivity index (χ3v) is 3.08. The maximum atomic E-state index is 13.2. The highest BCUT2D eigenvalue weighted by molar-refractivity contribution is 6.44. The molecule has 0 bridgehead atoms. The van der Waals surface area contributed by atoms with Gasteiger partial charge in [-0.2, -0.15) is 0 Å². The van der Waals surface area contributed by atoms with Crippen LogP contribution >= 0.6 is 23.2 Å².